The standard InChI is InChI=1S/C23H26N4S/c1-15(2)26-22(21(25-23(26)28)20-12-8-9-13-24-20)19-14-16(3)27(17(19)4)18-10-6-5-7-11-18/h5-15,21-22H,1-4H3,(H,25,28). The van der Waals surface area contributed by atoms with Crippen LogP contribution < -0.4 is 5.32 Å². The van der Waals surface area contributed by atoms with Crippen LogP contribution >= 0.6 is 12.2 Å². The molecule has 1 fully saturated rings. The van der Waals surface area contributed by atoms with Crippen LogP contribution in [0.3, 0.4) is 0 Å². The summed E-state index contributed by atoms with van der Waals surface area (Å²) >= 11 is 5.73. The summed E-state index contributed by atoms with van der Waals surface area (Å²) in [5.74, 6) is 0. The van der Waals surface area contributed by atoms with E-state index in [4.69, 9.17) is 12.2 Å². The van der Waals surface area contributed by atoms with Crippen molar-refractivity contribution in [2.45, 2.75) is 45.8 Å². The highest BCUT2D eigenvalue weighted by atomic mass is 32.1. The first-order valence-electron chi connectivity index (χ1n) is 9.73. The molecule has 1 aromatic carbocycles. The van der Waals surface area contributed by atoms with Gasteiger partial charge in [-0.1, -0.05) is 24.3 Å². The molecule has 0 aliphatic carbocycles. The van der Waals surface area contributed by atoms with Crippen LogP contribution in [0.2, 0.25) is 0 Å². The largest absolute Gasteiger partial charge is 0.352 e. The van der Waals surface area contributed by atoms with E-state index in [2.05, 4.69) is 89.9 Å². The van der Waals surface area contributed by atoms with Crippen LogP contribution in [-0.2, 0) is 0 Å². The van der Waals surface area contributed by atoms with E-state index in [9.17, 15) is 0 Å². The van der Waals surface area contributed by atoms with Crippen LogP contribution in [0.25, 0.3) is 5.69 Å². The van der Waals surface area contributed by atoms with E-state index in [1.807, 2.05) is 18.3 Å². The maximum Gasteiger partial charge on any atom is 0.170 e. The van der Waals surface area contributed by atoms with Crippen LogP contribution in [0.4, 0.5) is 0 Å². The summed E-state index contributed by atoms with van der Waals surface area (Å²) in [7, 11) is 0. The molecule has 0 bridgehead atoms. The maximum absolute atomic E-state index is 5.73. The lowest BCUT2D eigenvalue weighted by Crippen LogP contribution is -2.35. The predicted molar refractivity (Wildman–Crippen MR) is 118 cm³/mol. The summed E-state index contributed by atoms with van der Waals surface area (Å²) in [6.07, 6.45) is 1.85. The first-order valence-corrected chi connectivity index (χ1v) is 10.1. The van der Waals surface area contributed by atoms with Crippen molar-refractivity contribution < 1.29 is 0 Å². The SMILES string of the molecule is Cc1cc(C2C(c3ccccn3)NC(=S)N2C(C)C)c(C)n1-c1ccccc1. The summed E-state index contributed by atoms with van der Waals surface area (Å²) < 4.78 is 2.32. The molecule has 5 heteroatoms. The van der Waals surface area contributed by atoms with Gasteiger partial charge in [-0.25, -0.2) is 0 Å². The highest BCUT2D eigenvalue weighted by molar-refractivity contribution is 7.80. The predicted octanol–water partition coefficient (Wildman–Crippen LogP) is 4.87. The highest BCUT2D eigenvalue weighted by Crippen LogP contribution is 2.42. The molecule has 28 heavy (non-hydrogen) atoms. The monoisotopic (exact) mass is 390 g/mol. The Morgan fingerprint density at radius 1 is 1.04 bits per heavy atom. The van der Waals surface area contributed by atoms with Crippen molar-refractivity contribution in [3.05, 3.63) is 83.4 Å². The van der Waals surface area contributed by atoms with Crippen molar-refractivity contribution in [3.8, 4) is 5.69 Å². The molecule has 0 spiro atoms. The average molecular weight is 391 g/mol. The Morgan fingerprint density at radius 3 is 2.39 bits per heavy atom. The molecule has 3 aromatic rings. The second-order valence-corrected chi connectivity index (χ2v) is 8.01. The minimum atomic E-state index is 0.0285. The third-order valence-corrected chi connectivity index (χ3v) is 5.82. The first kappa shape index (κ1) is 18.7. The van der Waals surface area contributed by atoms with Crippen molar-refractivity contribution in [2.24, 2.45) is 0 Å². The van der Waals surface area contributed by atoms with Gasteiger partial charge in [0.25, 0.3) is 0 Å². The Kier molecular flexibility index (Phi) is 4.94. The van der Waals surface area contributed by atoms with Gasteiger partial charge in [0.05, 0.1) is 17.8 Å². The van der Waals surface area contributed by atoms with E-state index in [0.717, 1.165) is 10.8 Å². The molecule has 1 saturated heterocycles. The third-order valence-electron chi connectivity index (χ3n) is 5.49. The number of pyridine rings is 1. The molecule has 144 valence electrons. The summed E-state index contributed by atoms with van der Waals surface area (Å²) in [6.45, 7) is 8.75. The van der Waals surface area contributed by atoms with Gasteiger partial charge in [-0.15, -0.1) is 0 Å². The molecule has 0 saturated carbocycles. The van der Waals surface area contributed by atoms with Gasteiger partial charge in [0, 0.05) is 29.3 Å². The molecule has 3 heterocycles. The van der Waals surface area contributed by atoms with Crippen molar-refractivity contribution >= 4 is 17.3 Å². The molecule has 4 nitrogen and oxygen atoms in total. The van der Waals surface area contributed by atoms with E-state index in [-0.39, 0.29) is 12.1 Å². The number of para-hydroxylation sites is 1. The molecule has 0 amide bonds. The molecular formula is C23H26N4S. The summed E-state index contributed by atoms with van der Waals surface area (Å²) in [4.78, 5) is 6.94. The fourth-order valence-corrected chi connectivity index (χ4v) is 4.77. The summed E-state index contributed by atoms with van der Waals surface area (Å²) in [5.41, 5.74) is 5.95. The van der Waals surface area contributed by atoms with E-state index in [1.54, 1.807) is 0 Å². The van der Waals surface area contributed by atoms with Gasteiger partial charge in [0.2, 0.25) is 0 Å². The zero-order valence-electron chi connectivity index (χ0n) is 16.8. The van der Waals surface area contributed by atoms with Crippen LogP contribution in [0.5, 0.6) is 0 Å². The number of rotatable bonds is 4. The molecule has 0 radical (unpaired) electrons. The quantitative estimate of drug-likeness (QED) is 0.644. The van der Waals surface area contributed by atoms with Crippen LogP contribution in [0.1, 0.15) is 48.6 Å². The summed E-state index contributed by atoms with van der Waals surface area (Å²) in [5, 5.41) is 4.32. The topological polar surface area (TPSA) is 33.1 Å². The average Bonchev–Trinajstić information content (AvgIpc) is 3.19. The minimum Gasteiger partial charge on any atom is -0.352 e. The second-order valence-electron chi connectivity index (χ2n) is 7.63. The Balaban J connectivity index is 1.86. The lowest BCUT2D eigenvalue weighted by atomic mass is 9.96. The minimum absolute atomic E-state index is 0.0285. The fourth-order valence-electron chi connectivity index (χ4n) is 4.32. The molecule has 2 atom stereocenters. The van der Waals surface area contributed by atoms with Gasteiger partial charge < -0.3 is 14.8 Å². The molecule has 2 unspecified atom stereocenters. The molecule has 1 N–H and O–H groups in total. The van der Waals surface area contributed by atoms with Gasteiger partial charge in [0.15, 0.2) is 5.11 Å². The molecule has 2 aromatic heterocycles. The van der Waals surface area contributed by atoms with Crippen molar-refractivity contribution in [1.82, 2.24) is 19.8 Å². The van der Waals surface area contributed by atoms with Gasteiger partial charge >= 0.3 is 0 Å². The Morgan fingerprint density at radius 2 is 1.75 bits per heavy atom. The van der Waals surface area contributed by atoms with E-state index in [0.29, 0.717) is 6.04 Å². The molecule has 4 rings (SSSR count). The number of aromatic nitrogens is 2. The lowest BCUT2D eigenvalue weighted by molar-refractivity contribution is 0.269. The molecule has 1 aliphatic rings. The van der Waals surface area contributed by atoms with Crippen molar-refractivity contribution in [3.63, 3.8) is 0 Å². The first-order chi connectivity index (χ1) is 13.5. The van der Waals surface area contributed by atoms with E-state index in [1.165, 1.54) is 22.6 Å². The van der Waals surface area contributed by atoms with Crippen molar-refractivity contribution in [2.75, 3.05) is 0 Å². The van der Waals surface area contributed by atoms with E-state index >= 15 is 0 Å². The van der Waals surface area contributed by atoms with Gasteiger partial charge in [0.1, 0.15) is 0 Å². The number of nitrogens with zero attached hydrogens (tertiary/aromatic N) is 3. The smallest absolute Gasteiger partial charge is 0.170 e. The number of aryl methyl sites for hydroxylation is 1. The summed E-state index contributed by atoms with van der Waals surface area (Å²) in [6, 6.07) is 19.3. The molecule has 1 aliphatic heterocycles. The highest BCUT2D eigenvalue weighted by Gasteiger charge is 2.42. The number of benzene rings is 1. The number of thiocarbonyl (C=S) groups is 1. The van der Waals surface area contributed by atoms with E-state index < -0.39 is 0 Å². The van der Waals surface area contributed by atoms with Crippen LogP contribution in [-0.4, -0.2) is 25.6 Å². The molecular weight excluding hydrogens is 364 g/mol. The maximum atomic E-state index is 5.73. The fraction of sp³-hybridized carbons (Fsp3) is 0.304. The zero-order chi connectivity index (χ0) is 19.8. The Hall–Kier alpha value is -2.66. The third kappa shape index (κ3) is 3.10. The number of nitrogens with one attached hydrogen (secondary N) is 1. The number of hydrogen-bond donors (Lipinski definition) is 1. The second kappa shape index (κ2) is 7.40. The lowest BCUT2D eigenvalue weighted by Gasteiger charge is -2.31. The van der Waals surface area contributed by atoms with Crippen molar-refractivity contribution in [1.29, 1.82) is 0 Å². The normalized spacial score (nSPS) is 19.3. The van der Waals surface area contributed by atoms with Crippen LogP contribution in [0, 0.1) is 13.8 Å². The van der Waals surface area contributed by atoms with Gasteiger partial charge in [-0.2, -0.15) is 0 Å². The van der Waals surface area contributed by atoms with Gasteiger partial charge in [-0.3, -0.25) is 4.98 Å². The number of hydrogen-bond acceptors (Lipinski definition) is 2. The Labute approximate surface area is 172 Å². The van der Waals surface area contributed by atoms with Gasteiger partial charge in [-0.05, 0) is 75.8 Å². The Bertz CT molecular complexity index is 979. The zero-order valence-corrected chi connectivity index (χ0v) is 17.6. The van der Waals surface area contributed by atoms with Crippen LogP contribution in [0.15, 0.2) is 60.8 Å².